The maximum absolute atomic E-state index is 14.3. The molecular weight excluding hydrogens is 609 g/mol. The van der Waals surface area contributed by atoms with Gasteiger partial charge in [-0.1, -0.05) is 78.9 Å². The number of ether oxygens (including phenoxy) is 1. The fourth-order valence-corrected chi connectivity index (χ4v) is 7.08. The van der Waals surface area contributed by atoms with Gasteiger partial charge in [0.2, 0.25) is 11.8 Å². The molecule has 230 valence electrons. The number of rotatable bonds is 12. The molecule has 8 nitrogen and oxygen atoms in total. The van der Waals surface area contributed by atoms with Crippen LogP contribution in [0.2, 0.25) is 10.0 Å². The predicted octanol–water partition coefficient (Wildman–Crippen LogP) is 6.37. The van der Waals surface area contributed by atoms with Crippen molar-refractivity contribution in [3.63, 3.8) is 0 Å². The molecule has 1 unspecified atom stereocenters. The monoisotopic (exact) mass is 645 g/mol. The average Bonchev–Trinajstić information content (AvgIpc) is 3.49. The molecule has 4 rings (SSSR count). The Labute approximate surface area is 264 Å². The van der Waals surface area contributed by atoms with Crippen LogP contribution in [0.5, 0.6) is 5.75 Å². The first kappa shape index (κ1) is 32.6. The van der Waals surface area contributed by atoms with Crippen LogP contribution in [0.4, 0.5) is 5.69 Å². The van der Waals surface area contributed by atoms with Gasteiger partial charge in [0.25, 0.3) is 10.0 Å². The predicted molar refractivity (Wildman–Crippen MR) is 170 cm³/mol. The molecular formula is C32H37Cl2N3O5S. The summed E-state index contributed by atoms with van der Waals surface area (Å²) in [5.41, 5.74) is 1.62. The van der Waals surface area contributed by atoms with Gasteiger partial charge in [-0.3, -0.25) is 13.9 Å². The maximum atomic E-state index is 14.3. The number of nitrogens with zero attached hydrogens (tertiary/aromatic N) is 2. The SMILES string of the molecule is CCC(C(=O)NC1CCCC1)N(Cc1ccccc1Cl)C(=O)CN(c1cc(Cl)ccc1OC)S(=O)(=O)c1ccc(C)cc1. The van der Waals surface area contributed by atoms with Gasteiger partial charge < -0.3 is 15.0 Å². The average molecular weight is 647 g/mol. The lowest BCUT2D eigenvalue weighted by molar-refractivity contribution is -0.140. The molecule has 3 aromatic carbocycles. The van der Waals surface area contributed by atoms with Crippen LogP contribution in [-0.4, -0.2) is 50.9 Å². The number of anilines is 1. The Morgan fingerprint density at radius 2 is 1.70 bits per heavy atom. The van der Waals surface area contributed by atoms with E-state index in [4.69, 9.17) is 27.9 Å². The van der Waals surface area contributed by atoms with Crippen molar-refractivity contribution in [1.82, 2.24) is 10.2 Å². The molecule has 1 fully saturated rings. The quantitative estimate of drug-likeness (QED) is 0.247. The topological polar surface area (TPSA) is 96.0 Å². The number of sulfonamides is 1. The number of carbonyl (C=O) groups is 2. The van der Waals surface area contributed by atoms with Crippen LogP contribution in [0.25, 0.3) is 0 Å². The van der Waals surface area contributed by atoms with E-state index < -0.39 is 28.5 Å². The molecule has 1 aliphatic rings. The van der Waals surface area contributed by atoms with Crippen molar-refractivity contribution in [2.45, 2.75) is 69.5 Å². The van der Waals surface area contributed by atoms with Gasteiger partial charge in [0.05, 0.1) is 17.7 Å². The second-order valence-corrected chi connectivity index (χ2v) is 13.4. The Bertz CT molecular complexity index is 1540. The van der Waals surface area contributed by atoms with Gasteiger partial charge in [-0.2, -0.15) is 0 Å². The zero-order chi connectivity index (χ0) is 31.1. The van der Waals surface area contributed by atoms with Crippen molar-refractivity contribution >= 4 is 50.7 Å². The number of hydrogen-bond acceptors (Lipinski definition) is 5. The van der Waals surface area contributed by atoms with E-state index in [-0.39, 0.29) is 39.8 Å². The standard InChI is InChI=1S/C32H37Cl2N3O5S/c1-4-28(32(39)35-25-10-6-7-11-25)36(20-23-9-5-8-12-27(23)34)31(38)21-37(29-19-24(33)15-18-30(29)42-3)43(40,41)26-16-13-22(2)14-17-26/h5,8-9,12-19,25,28H,4,6-7,10-11,20-21H2,1-3H3,(H,35,39). The second-order valence-electron chi connectivity index (χ2n) is 10.7. The highest BCUT2D eigenvalue weighted by Crippen LogP contribution is 2.35. The van der Waals surface area contributed by atoms with Gasteiger partial charge in [-0.15, -0.1) is 0 Å². The summed E-state index contributed by atoms with van der Waals surface area (Å²) in [5.74, 6) is -0.634. The third-order valence-corrected chi connectivity index (χ3v) is 10.1. The molecule has 2 amide bonds. The van der Waals surface area contributed by atoms with Crippen LogP contribution in [0.1, 0.15) is 50.2 Å². The van der Waals surface area contributed by atoms with Crippen molar-refractivity contribution < 1.29 is 22.7 Å². The van der Waals surface area contributed by atoms with Crippen LogP contribution < -0.4 is 14.4 Å². The lowest BCUT2D eigenvalue weighted by Gasteiger charge is -2.34. The summed E-state index contributed by atoms with van der Waals surface area (Å²) in [7, 11) is -2.87. The van der Waals surface area contributed by atoms with Crippen LogP contribution in [0, 0.1) is 6.92 Å². The van der Waals surface area contributed by atoms with E-state index in [2.05, 4.69) is 5.32 Å². The molecule has 0 saturated heterocycles. The van der Waals surface area contributed by atoms with Crippen molar-refractivity contribution in [2.75, 3.05) is 18.0 Å². The molecule has 1 aliphatic carbocycles. The molecule has 0 spiro atoms. The fraction of sp³-hybridized carbons (Fsp3) is 0.375. The van der Waals surface area contributed by atoms with Crippen molar-refractivity contribution in [1.29, 1.82) is 0 Å². The number of methoxy groups -OCH3 is 1. The minimum Gasteiger partial charge on any atom is -0.495 e. The highest BCUT2D eigenvalue weighted by Gasteiger charge is 2.35. The molecule has 11 heteroatoms. The molecule has 0 aliphatic heterocycles. The van der Waals surface area contributed by atoms with Crippen molar-refractivity contribution in [3.8, 4) is 5.75 Å². The Morgan fingerprint density at radius 1 is 1.02 bits per heavy atom. The Balaban J connectivity index is 1.77. The normalized spacial score (nSPS) is 14.3. The first-order chi connectivity index (χ1) is 20.5. The van der Waals surface area contributed by atoms with Gasteiger partial charge in [0, 0.05) is 22.6 Å². The summed E-state index contributed by atoms with van der Waals surface area (Å²) in [6.45, 7) is 3.09. The highest BCUT2D eigenvalue weighted by atomic mass is 35.5. The first-order valence-electron chi connectivity index (χ1n) is 14.3. The maximum Gasteiger partial charge on any atom is 0.264 e. The van der Waals surface area contributed by atoms with Crippen molar-refractivity contribution in [2.24, 2.45) is 0 Å². The summed E-state index contributed by atoms with van der Waals surface area (Å²) in [5, 5.41) is 3.81. The molecule has 1 saturated carbocycles. The highest BCUT2D eigenvalue weighted by molar-refractivity contribution is 7.92. The van der Waals surface area contributed by atoms with E-state index >= 15 is 0 Å². The largest absolute Gasteiger partial charge is 0.495 e. The van der Waals surface area contributed by atoms with Crippen LogP contribution >= 0.6 is 23.2 Å². The minimum atomic E-state index is -4.28. The van der Waals surface area contributed by atoms with Crippen LogP contribution in [-0.2, 0) is 26.2 Å². The zero-order valence-electron chi connectivity index (χ0n) is 24.6. The van der Waals surface area contributed by atoms with Gasteiger partial charge in [-0.05, 0) is 68.1 Å². The van der Waals surface area contributed by atoms with Crippen LogP contribution in [0.3, 0.4) is 0 Å². The van der Waals surface area contributed by atoms with Gasteiger partial charge in [0.15, 0.2) is 0 Å². The zero-order valence-corrected chi connectivity index (χ0v) is 26.9. The summed E-state index contributed by atoms with van der Waals surface area (Å²) in [6, 6.07) is 17.2. The molecule has 0 heterocycles. The number of hydrogen-bond donors (Lipinski definition) is 1. The Kier molecular flexibility index (Phi) is 11.0. The molecule has 1 N–H and O–H groups in total. The van der Waals surface area contributed by atoms with E-state index in [1.54, 1.807) is 48.5 Å². The first-order valence-corrected chi connectivity index (χ1v) is 16.5. The van der Waals surface area contributed by atoms with E-state index in [1.807, 2.05) is 13.8 Å². The molecule has 1 atom stereocenters. The number of nitrogens with one attached hydrogen (secondary N) is 1. The van der Waals surface area contributed by atoms with E-state index in [9.17, 15) is 18.0 Å². The number of carbonyl (C=O) groups excluding carboxylic acids is 2. The summed E-state index contributed by atoms with van der Waals surface area (Å²) in [4.78, 5) is 29.3. The molecule has 0 aromatic heterocycles. The third kappa shape index (κ3) is 7.82. The number of aryl methyl sites for hydroxylation is 1. The van der Waals surface area contributed by atoms with E-state index in [1.165, 1.54) is 30.2 Å². The second kappa shape index (κ2) is 14.5. The minimum absolute atomic E-state index is 0.00315. The van der Waals surface area contributed by atoms with Gasteiger partial charge in [-0.25, -0.2) is 8.42 Å². The third-order valence-electron chi connectivity index (χ3n) is 7.68. The number of benzene rings is 3. The summed E-state index contributed by atoms with van der Waals surface area (Å²) < 4.78 is 34.8. The van der Waals surface area contributed by atoms with Gasteiger partial charge >= 0.3 is 0 Å². The lowest BCUT2D eigenvalue weighted by atomic mass is 10.1. The number of amides is 2. The smallest absolute Gasteiger partial charge is 0.264 e. The fourth-order valence-electron chi connectivity index (χ4n) is 5.31. The van der Waals surface area contributed by atoms with Crippen molar-refractivity contribution in [3.05, 3.63) is 87.9 Å². The van der Waals surface area contributed by atoms with E-state index in [0.717, 1.165) is 35.6 Å². The lowest BCUT2D eigenvalue weighted by Crippen LogP contribution is -2.53. The Morgan fingerprint density at radius 3 is 2.33 bits per heavy atom. The van der Waals surface area contributed by atoms with Crippen LogP contribution in [0.15, 0.2) is 71.6 Å². The molecule has 43 heavy (non-hydrogen) atoms. The Hall–Kier alpha value is -3.27. The molecule has 0 bridgehead atoms. The molecule has 0 radical (unpaired) electrons. The van der Waals surface area contributed by atoms with E-state index in [0.29, 0.717) is 17.0 Å². The van der Waals surface area contributed by atoms with Gasteiger partial charge in [0.1, 0.15) is 18.3 Å². The molecule has 3 aromatic rings. The summed E-state index contributed by atoms with van der Waals surface area (Å²) in [6.07, 6.45) is 4.17. The summed E-state index contributed by atoms with van der Waals surface area (Å²) >= 11 is 12.8. The number of halogens is 2.